The number of nitrogens with one attached hydrogen (secondary N) is 1. The fourth-order valence-corrected chi connectivity index (χ4v) is 3.62. The van der Waals surface area contributed by atoms with Crippen molar-refractivity contribution in [2.24, 2.45) is 0 Å². The van der Waals surface area contributed by atoms with Crippen LogP contribution in [0.2, 0.25) is 5.02 Å². The summed E-state index contributed by atoms with van der Waals surface area (Å²) in [5, 5.41) is 9.70. The average molecular weight is 422 g/mol. The van der Waals surface area contributed by atoms with Gasteiger partial charge in [-0.05, 0) is 31.2 Å². The van der Waals surface area contributed by atoms with Gasteiger partial charge in [-0.1, -0.05) is 11.6 Å². The molecule has 0 radical (unpaired) electrons. The second-order valence-corrected chi connectivity index (χ2v) is 6.91. The highest BCUT2D eigenvalue weighted by atomic mass is 35.5. The van der Waals surface area contributed by atoms with Gasteiger partial charge in [0.1, 0.15) is 11.6 Å². The molecule has 10 heteroatoms. The summed E-state index contributed by atoms with van der Waals surface area (Å²) in [6.07, 6.45) is 0. The summed E-state index contributed by atoms with van der Waals surface area (Å²) in [7, 11) is 1.39. The maximum atomic E-state index is 13.1. The first-order valence-corrected chi connectivity index (χ1v) is 9.48. The average Bonchev–Trinajstić information content (AvgIpc) is 3.07. The van der Waals surface area contributed by atoms with Crippen LogP contribution in [0, 0.1) is 0 Å². The number of nitrogens with zero attached hydrogens (tertiary/aromatic N) is 2. The molecule has 0 aliphatic heterocycles. The maximum Gasteiger partial charge on any atom is 0.359 e. The molecule has 0 bridgehead atoms. The van der Waals surface area contributed by atoms with E-state index in [1.165, 1.54) is 7.11 Å². The molecule has 0 atom stereocenters. The second kappa shape index (κ2) is 8.51. The fraction of sp³-hybridized carbons (Fsp3) is 0.222. The highest BCUT2D eigenvalue weighted by molar-refractivity contribution is 7.16. The van der Waals surface area contributed by atoms with E-state index < -0.39 is 17.4 Å². The summed E-state index contributed by atoms with van der Waals surface area (Å²) in [6.45, 7) is 1.67. The van der Waals surface area contributed by atoms with Gasteiger partial charge in [-0.25, -0.2) is 4.79 Å². The molecule has 0 aliphatic rings. The molecule has 0 saturated carbocycles. The van der Waals surface area contributed by atoms with Crippen molar-refractivity contribution in [3.63, 3.8) is 0 Å². The van der Waals surface area contributed by atoms with E-state index in [1.54, 1.807) is 36.6 Å². The zero-order valence-corrected chi connectivity index (χ0v) is 16.6. The lowest BCUT2D eigenvalue weighted by Gasteiger charge is -2.10. The van der Waals surface area contributed by atoms with Gasteiger partial charge >= 0.3 is 5.97 Å². The molecule has 1 amide bonds. The molecule has 0 fully saturated rings. The molecular weight excluding hydrogens is 406 g/mol. The zero-order valence-electron chi connectivity index (χ0n) is 15.0. The van der Waals surface area contributed by atoms with Crippen molar-refractivity contribution < 1.29 is 19.1 Å². The molecule has 1 N–H and O–H groups in total. The zero-order chi connectivity index (χ0) is 20.3. The molecule has 28 heavy (non-hydrogen) atoms. The number of carbonyl (C=O) groups is 2. The van der Waals surface area contributed by atoms with Crippen LogP contribution in [0.3, 0.4) is 0 Å². The van der Waals surface area contributed by atoms with Crippen molar-refractivity contribution in [1.29, 1.82) is 0 Å². The summed E-state index contributed by atoms with van der Waals surface area (Å²) in [5.74, 6) is -1.08. The lowest BCUT2D eigenvalue weighted by Crippen LogP contribution is -2.26. The van der Waals surface area contributed by atoms with Gasteiger partial charge < -0.3 is 14.8 Å². The molecule has 8 nitrogen and oxygen atoms in total. The molecule has 0 aliphatic carbocycles. The minimum atomic E-state index is -0.664. The first kappa shape index (κ1) is 20.0. The first-order chi connectivity index (χ1) is 13.5. The van der Waals surface area contributed by atoms with Crippen LogP contribution >= 0.6 is 22.9 Å². The molecule has 2 heterocycles. The summed E-state index contributed by atoms with van der Waals surface area (Å²) in [5.41, 5.74) is -0.0866. The van der Waals surface area contributed by atoms with Crippen LogP contribution in [-0.4, -0.2) is 42.0 Å². The van der Waals surface area contributed by atoms with Gasteiger partial charge in [-0.3, -0.25) is 9.59 Å². The highest BCUT2D eigenvalue weighted by Crippen LogP contribution is 2.30. The van der Waals surface area contributed by atoms with Gasteiger partial charge in [-0.2, -0.15) is 9.78 Å². The number of anilines is 1. The Morgan fingerprint density at radius 1 is 1.29 bits per heavy atom. The van der Waals surface area contributed by atoms with Crippen molar-refractivity contribution in [2.75, 3.05) is 25.6 Å². The molecule has 0 unspecified atom stereocenters. The number of ether oxygens (including phenoxy) is 2. The van der Waals surface area contributed by atoms with Crippen LogP contribution in [0.25, 0.3) is 16.5 Å². The van der Waals surface area contributed by atoms with Crippen LogP contribution in [0.5, 0.6) is 0 Å². The van der Waals surface area contributed by atoms with Crippen LogP contribution in [0.1, 0.15) is 17.4 Å². The number of hydrogen-bond donors (Lipinski definition) is 1. The summed E-state index contributed by atoms with van der Waals surface area (Å²) < 4.78 is 11.0. The molecule has 146 valence electrons. The Hall–Kier alpha value is -2.75. The van der Waals surface area contributed by atoms with Crippen molar-refractivity contribution >= 4 is 50.6 Å². The lowest BCUT2D eigenvalue weighted by atomic mass is 10.2. The number of fused-ring (bicyclic) bond motifs is 1. The number of esters is 1. The van der Waals surface area contributed by atoms with Gasteiger partial charge in [0.25, 0.3) is 11.5 Å². The van der Waals surface area contributed by atoms with E-state index in [0.717, 1.165) is 16.0 Å². The molecule has 2 aromatic heterocycles. The van der Waals surface area contributed by atoms with E-state index in [-0.39, 0.29) is 24.3 Å². The third kappa shape index (κ3) is 3.91. The summed E-state index contributed by atoms with van der Waals surface area (Å²) in [4.78, 5) is 37.4. The maximum absolute atomic E-state index is 13.1. The van der Waals surface area contributed by atoms with Crippen LogP contribution in [0.15, 0.2) is 34.4 Å². The smallest absolute Gasteiger partial charge is 0.359 e. The number of carbonyl (C=O) groups excluding carboxylic acids is 2. The first-order valence-electron chi connectivity index (χ1n) is 8.22. The van der Waals surface area contributed by atoms with Gasteiger partial charge in [-0.15, -0.1) is 11.3 Å². The van der Waals surface area contributed by atoms with E-state index >= 15 is 0 Å². The monoisotopic (exact) mass is 421 g/mol. The van der Waals surface area contributed by atoms with Crippen molar-refractivity contribution in [3.8, 4) is 5.69 Å². The Kier molecular flexibility index (Phi) is 6.08. The second-order valence-electron chi connectivity index (χ2n) is 5.60. The third-order valence-corrected chi connectivity index (χ3v) is 4.87. The van der Waals surface area contributed by atoms with Crippen molar-refractivity contribution in [2.45, 2.75) is 6.92 Å². The van der Waals surface area contributed by atoms with Crippen LogP contribution < -0.4 is 10.9 Å². The van der Waals surface area contributed by atoms with Gasteiger partial charge in [0.2, 0.25) is 0 Å². The predicted molar refractivity (Wildman–Crippen MR) is 107 cm³/mol. The predicted octanol–water partition coefficient (Wildman–Crippen LogP) is 2.86. The largest absolute Gasteiger partial charge is 0.461 e. The summed E-state index contributed by atoms with van der Waals surface area (Å²) in [6, 6.07) is 6.42. The third-order valence-electron chi connectivity index (χ3n) is 3.72. The quantitative estimate of drug-likeness (QED) is 0.614. The SMILES string of the molecule is CCOC(=O)c1nn(-c2ccc(Cl)cc2)c(=O)c2c(NC(=O)COC)scc12. The Morgan fingerprint density at radius 2 is 2.00 bits per heavy atom. The van der Waals surface area contributed by atoms with E-state index in [4.69, 9.17) is 21.1 Å². The van der Waals surface area contributed by atoms with Gasteiger partial charge in [0.05, 0.1) is 17.7 Å². The molecule has 0 saturated heterocycles. The lowest BCUT2D eigenvalue weighted by molar-refractivity contribution is -0.119. The van der Waals surface area contributed by atoms with Crippen LogP contribution in [-0.2, 0) is 14.3 Å². The Morgan fingerprint density at radius 3 is 2.64 bits per heavy atom. The Balaban J connectivity index is 2.24. The normalized spacial score (nSPS) is 10.8. The van der Waals surface area contributed by atoms with E-state index in [1.807, 2.05) is 0 Å². The van der Waals surface area contributed by atoms with Gasteiger partial charge in [0, 0.05) is 22.9 Å². The van der Waals surface area contributed by atoms with Gasteiger partial charge in [0.15, 0.2) is 5.69 Å². The van der Waals surface area contributed by atoms with Crippen molar-refractivity contribution in [3.05, 3.63) is 50.7 Å². The van der Waals surface area contributed by atoms with Crippen molar-refractivity contribution in [1.82, 2.24) is 9.78 Å². The number of rotatable bonds is 6. The number of methoxy groups -OCH3 is 1. The number of benzene rings is 1. The highest BCUT2D eigenvalue weighted by Gasteiger charge is 2.23. The Labute approximate surface area is 168 Å². The molecular formula is C18H16ClN3O5S. The molecule has 0 spiro atoms. The number of halogens is 1. The molecule has 3 aromatic rings. The number of hydrogen-bond acceptors (Lipinski definition) is 7. The topological polar surface area (TPSA) is 99.5 Å². The fourth-order valence-electron chi connectivity index (χ4n) is 2.54. The Bertz CT molecular complexity index is 1090. The van der Waals surface area contributed by atoms with E-state index in [0.29, 0.717) is 21.1 Å². The number of aromatic nitrogens is 2. The summed E-state index contributed by atoms with van der Waals surface area (Å²) >= 11 is 7.03. The van der Waals surface area contributed by atoms with Crippen LogP contribution in [0.4, 0.5) is 5.00 Å². The minimum Gasteiger partial charge on any atom is -0.461 e. The van der Waals surface area contributed by atoms with E-state index in [2.05, 4.69) is 10.4 Å². The molecule has 3 rings (SSSR count). The molecule has 1 aromatic carbocycles. The number of amides is 1. The number of thiophene rings is 1. The van der Waals surface area contributed by atoms with E-state index in [9.17, 15) is 14.4 Å². The minimum absolute atomic E-state index is 0.0186. The standard InChI is InChI=1S/C18H16ClN3O5S/c1-3-27-18(25)15-12-9-28-16(20-13(23)8-26-2)14(12)17(24)22(21-15)11-6-4-10(19)5-7-11/h4-7,9H,3,8H2,1-2H3,(H,20,23).